The molecule has 0 aliphatic heterocycles. The molecule has 1 aliphatic carbocycles. The first kappa shape index (κ1) is 13.6. The molecule has 0 spiro atoms. The van der Waals surface area contributed by atoms with Gasteiger partial charge in [-0.15, -0.1) is 0 Å². The smallest absolute Gasteiger partial charge is 0.0521 e. The van der Waals surface area contributed by atoms with Crippen LogP contribution >= 0.6 is 0 Å². The molecule has 1 heterocycles. The number of aromatic nitrogens is 2. The Morgan fingerprint density at radius 2 is 2.06 bits per heavy atom. The zero-order chi connectivity index (χ0) is 12.8. The standard InChI is InChI=1S/C15H27N3/c1-16-11-15-7-5-3-4-6-14(15)9-8-13-10-17-18(2)12-13/h10,12,14-16H,3-9,11H2,1-2H3. The van der Waals surface area contributed by atoms with Gasteiger partial charge in [0.15, 0.2) is 0 Å². The molecule has 1 saturated carbocycles. The van der Waals surface area contributed by atoms with Gasteiger partial charge in [-0.1, -0.05) is 25.7 Å². The first-order chi connectivity index (χ1) is 8.79. The van der Waals surface area contributed by atoms with Crippen molar-refractivity contribution in [2.24, 2.45) is 18.9 Å². The average molecular weight is 249 g/mol. The van der Waals surface area contributed by atoms with Gasteiger partial charge in [-0.3, -0.25) is 4.68 Å². The Hall–Kier alpha value is -0.830. The van der Waals surface area contributed by atoms with Crippen LogP contribution in [0.4, 0.5) is 0 Å². The highest BCUT2D eigenvalue weighted by molar-refractivity contribution is 5.03. The van der Waals surface area contributed by atoms with Crippen LogP contribution in [0.25, 0.3) is 0 Å². The lowest BCUT2D eigenvalue weighted by molar-refractivity contribution is 0.289. The van der Waals surface area contributed by atoms with Crippen molar-refractivity contribution in [1.82, 2.24) is 15.1 Å². The molecule has 0 amide bonds. The van der Waals surface area contributed by atoms with Gasteiger partial charge in [-0.25, -0.2) is 0 Å². The molecule has 3 heteroatoms. The second-order valence-corrected chi connectivity index (χ2v) is 5.78. The highest BCUT2D eigenvalue weighted by Gasteiger charge is 2.22. The first-order valence-corrected chi connectivity index (χ1v) is 7.41. The Balaban J connectivity index is 1.87. The van der Waals surface area contributed by atoms with E-state index in [1.165, 1.54) is 57.1 Å². The van der Waals surface area contributed by atoms with E-state index in [9.17, 15) is 0 Å². The van der Waals surface area contributed by atoms with Gasteiger partial charge in [-0.2, -0.15) is 5.10 Å². The Morgan fingerprint density at radius 1 is 1.28 bits per heavy atom. The first-order valence-electron chi connectivity index (χ1n) is 7.41. The second-order valence-electron chi connectivity index (χ2n) is 5.78. The summed E-state index contributed by atoms with van der Waals surface area (Å²) in [5.41, 5.74) is 1.39. The number of aryl methyl sites for hydroxylation is 2. The maximum absolute atomic E-state index is 4.26. The van der Waals surface area contributed by atoms with Crippen molar-refractivity contribution in [3.8, 4) is 0 Å². The van der Waals surface area contributed by atoms with Gasteiger partial charge in [0.25, 0.3) is 0 Å². The molecule has 3 nitrogen and oxygen atoms in total. The summed E-state index contributed by atoms with van der Waals surface area (Å²) < 4.78 is 1.91. The average Bonchev–Trinajstić information content (AvgIpc) is 2.65. The van der Waals surface area contributed by atoms with E-state index in [0.717, 1.165) is 11.8 Å². The third kappa shape index (κ3) is 3.84. The van der Waals surface area contributed by atoms with Crippen LogP contribution in [0.5, 0.6) is 0 Å². The van der Waals surface area contributed by atoms with Gasteiger partial charge in [0, 0.05) is 13.2 Å². The Morgan fingerprint density at radius 3 is 2.72 bits per heavy atom. The normalized spacial score (nSPS) is 25.0. The SMILES string of the molecule is CNCC1CCCCCC1CCc1cnn(C)c1. The highest BCUT2D eigenvalue weighted by atomic mass is 15.2. The predicted molar refractivity (Wildman–Crippen MR) is 75.5 cm³/mol. The minimum absolute atomic E-state index is 0.883. The molecule has 2 rings (SSSR count). The minimum atomic E-state index is 0.883. The van der Waals surface area contributed by atoms with E-state index in [1.807, 2.05) is 17.9 Å². The quantitative estimate of drug-likeness (QED) is 0.813. The van der Waals surface area contributed by atoms with Crippen molar-refractivity contribution in [1.29, 1.82) is 0 Å². The van der Waals surface area contributed by atoms with E-state index in [1.54, 1.807) is 0 Å². The molecule has 1 fully saturated rings. The summed E-state index contributed by atoms with van der Waals surface area (Å²) in [5, 5.41) is 7.64. The lowest BCUT2D eigenvalue weighted by atomic mass is 9.84. The highest BCUT2D eigenvalue weighted by Crippen LogP contribution is 2.31. The van der Waals surface area contributed by atoms with E-state index in [-0.39, 0.29) is 0 Å². The topological polar surface area (TPSA) is 29.9 Å². The fourth-order valence-corrected chi connectivity index (χ4v) is 3.33. The zero-order valence-corrected chi connectivity index (χ0v) is 11.9. The van der Waals surface area contributed by atoms with Crippen LogP contribution in [0, 0.1) is 11.8 Å². The molecule has 102 valence electrons. The molecule has 2 atom stereocenters. The summed E-state index contributed by atoms with van der Waals surface area (Å²) in [6.45, 7) is 1.19. The summed E-state index contributed by atoms with van der Waals surface area (Å²) in [6, 6.07) is 0. The van der Waals surface area contributed by atoms with E-state index in [0.29, 0.717) is 0 Å². The number of nitrogens with one attached hydrogen (secondary N) is 1. The lowest BCUT2D eigenvalue weighted by Gasteiger charge is -2.24. The summed E-state index contributed by atoms with van der Waals surface area (Å²) in [6.07, 6.45) is 13.8. The fourth-order valence-electron chi connectivity index (χ4n) is 3.33. The summed E-state index contributed by atoms with van der Waals surface area (Å²) in [5.74, 6) is 1.79. The van der Waals surface area contributed by atoms with Crippen molar-refractivity contribution in [3.63, 3.8) is 0 Å². The monoisotopic (exact) mass is 249 g/mol. The summed E-state index contributed by atoms with van der Waals surface area (Å²) in [4.78, 5) is 0. The maximum Gasteiger partial charge on any atom is 0.0521 e. The van der Waals surface area contributed by atoms with Crippen LogP contribution in [-0.4, -0.2) is 23.4 Å². The van der Waals surface area contributed by atoms with Crippen LogP contribution < -0.4 is 5.32 Å². The van der Waals surface area contributed by atoms with E-state index in [2.05, 4.69) is 23.7 Å². The van der Waals surface area contributed by atoms with Gasteiger partial charge in [-0.05, 0) is 50.3 Å². The molecule has 0 saturated heterocycles. The van der Waals surface area contributed by atoms with Crippen LogP contribution in [0.3, 0.4) is 0 Å². The number of hydrogen-bond donors (Lipinski definition) is 1. The molecule has 0 bridgehead atoms. The van der Waals surface area contributed by atoms with Crippen molar-refractivity contribution in [2.75, 3.05) is 13.6 Å². The Kier molecular flexibility index (Phi) is 5.24. The molecular formula is C15H27N3. The van der Waals surface area contributed by atoms with E-state index in [4.69, 9.17) is 0 Å². The van der Waals surface area contributed by atoms with E-state index >= 15 is 0 Å². The molecule has 1 aromatic heterocycles. The number of hydrogen-bond acceptors (Lipinski definition) is 2. The van der Waals surface area contributed by atoms with Crippen LogP contribution in [-0.2, 0) is 13.5 Å². The lowest BCUT2D eigenvalue weighted by Crippen LogP contribution is -2.25. The Bertz CT molecular complexity index is 345. The van der Waals surface area contributed by atoms with Crippen molar-refractivity contribution < 1.29 is 0 Å². The van der Waals surface area contributed by atoms with Crippen LogP contribution in [0.2, 0.25) is 0 Å². The third-order valence-corrected chi connectivity index (χ3v) is 4.34. The van der Waals surface area contributed by atoms with Crippen molar-refractivity contribution in [2.45, 2.75) is 44.9 Å². The largest absolute Gasteiger partial charge is 0.319 e. The van der Waals surface area contributed by atoms with Crippen molar-refractivity contribution in [3.05, 3.63) is 18.0 Å². The van der Waals surface area contributed by atoms with Crippen LogP contribution in [0.15, 0.2) is 12.4 Å². The molecule has 1 N–H and O–H groups in total. The molecule has 0 aromatic carbocycles. The van der Waals surface area contributed by atoms with Gasteiger partial charge in [0.2, 0.25) is 0 Å². The zero-order valence-electron chi connectivity index (χ0n) is 11.9. The minimum Gasteiger partial charge on any atom is -0.319 e. The summed E-state index contributed by atoms with van der Waals surface area (Å²) in [7, 11) is 4.09. The fraction of sp³-hybridized carbons (Fsp3) is 0.800. The predicted octanol–water partition coefficient (Wildman–Crippen LogP) is 2.77. The molecule has 1 aliphatic rings. The van der Waals surface area contributed by atoms with E-state index < -0.39 is 0 Å². The number of rotatable bonds is 5. The van der Waals surface area contributed by atoms with Gasteiger partial charge in [0.1, 0.15) is 0 Å². The molecule has 2 unspecified atom stereocenters. The molecule has 0 radical (unpaired) electrons. The van der Waals surface area contributed by atoms with Gasteiger partial charge < -0.3 is 5.32 Å². The van der Waals surface area contributed by atoms with Crippen LogP contribution in [0.1, 0.15) is 44.1 Å². The third-order valence-electron chi connectivity index (χ3n) is 4.34. The number of nitrogens with zero attached hydrogens (tertiary/aromatic N) is 2. The maximum atomic E-state index is 4.26. The van der Waals surface area contributed by atoms with Crippen molar-refractivity contribution >= 4 is 0 Å². The summed E-state index contributed by atoms with van der Waals surface area (Å²) >= 11 is 0. The Labute approximate surface area is 111 Å². The molecule has 1 aromatic rings. The second kappa shape index (κ2) is 6.93. The molecule has 18 heavy (non-hydrogen) atoms. The van der Waals surface area contributed by atoms with Gasteiger partial charge >= 0.3 is 0 Å². The van der Waals surface area contributed by atoms with Gasteiger partial charge in [0.05, 0.1) is 6.20 Å². The molecular weight excluding hydrogens is 222 g/mol.